The summed E-state index contributed by atoms with van der Waals surface area (Å²) in [6, 6.07) is 1.88. The Hall–Kier alpha value is -0.840. The molecule has 0 aliphatic carbocycles. The van der Waals surface area contributed by atoms with Crippen molar-refractivity contribution in [3.05, 3.63) is 12.4 Å². The number of halogens is 1. The first-order valence-electron chi connectivity index (χ1n) is 5.76. The van der Waals surface area contributed by atoms with Crippen LogP contribution < -0.4 is 9.64 Å². The minimum absolute atomic E-state index is 0.00359. The average Bonchev–Trinajstić information content (AvgIpc) is 2.35. The molecule has 0 saturated carbocycles. The summed E-state index contributed by atoms with van der Waals surface area (Å²) in [5.41, 5.74) is -0.00359. The van der Waals surface area contributed by atoms with Gasteiger partial charge in [0.25, 0.3) is 0 Å². The van der Waals surface area contributed by atoms with Gasteiger partial charge in [-0.1, -0.05) is 22.9 Å². The van der Waals surface area contributed by atoms with Crippen LogP contribution in [0.1, 0.15) is 27.2 Å². The second-order valence-corrected chi connectivity index (χ2v) is 5.13. The number of rotatable bonds is 6. The van der Waals surface area contributed by atoms with Crippen LogP contribution in [-0.4, -0.2) is 34.5 Å². The number of hydrogen-bond donors (Lipinski definition) is 0. The fourth-order valence-corrected chi connectivity index (χ4v) is 1.57. The molecule has 0 saturated heterocycles. The second kappa shape index (κ2) is 6.19. The molecule has 0 atom stereocenters. The molecule has 5 heteroatoms. The highest BCUT2D eigenvalue weighted by atomic mass is 79.9. The Bertz CT molecular complexity index is 357. The Balaban J connectivity index is 2.84. The maximum Gasteiger partial charge on any atom is 0.218 e. The summed E-state index contributed by atoms with van der Waals surface area (Å²) in [7, 11) is 2.02. The van der Waals surface area contributed by atoms with Crippen LogP contribution in [0.4, 0.5) is 5.82 Å². The van der Waals surface area contributed by atoms with Crippen molar-refractivity contribution >= 4 is 21.7 Å². The van der Waals surface area contributed by atoms with Gasteiger partial charge in [0.2, 0.25) is 5.88 Å². The van der Waals surface area contributed by atoms with Gasteiger partial charge in [0.05, 0.1) is 6.61 Å². The zero-order valence-electron chi connectivity index (χ0n) is 10.9. The van der Waals surface area contributed by atoms with Crippen LogP contribution in [0.5, 0.6) is 5.88 Å². The van der Waals surface area contributed by atoms with E-state index in [9.17, 15) is 0 Å². The van der Waals surface area contributed by atoms with E-state index in [1.807, 2.05) is 13.1 Å². The zero-order chi connectivity index (χ0) is 12.9. The Morgan fingerprint density at radius 2 is 2.12 bits per heavy atom. The standard InChI is InChI=1S/C12H20BrN3O/c1-5-6-17-11-7-10(14-9-15-11)16(4)12(2,3)8-13/h7,9H,5-6,8H2,1-4H3. The summed E-state index contributed by atoms with van der Waals surface area (Å²) in [6.07, 6.45) is 2.52. The lowest BCUT2D eigenvalue weighted by Gasteiger charge is -2.34. The lowest BCUT2D eigenvalue weighted by atomic mass is 10.1. The predicted octanol–water partition coefficient (Wildman–Crippen LogP) is 2.88. The van der Waals surface area contributed by atoms with Gasteiger partial charge in [-0.25, -0.2) is 9.97 Å². The second-order valence-electron chi connectivity index (χ2n) is 4.57. The molecule has 1 rings (SSSR count). The van der Waals surface area contributed by atoms with Gasteiger partial charge in [0.15, 0.2) is 0 Å². The van der Waals surface area contributed by atoms with E-state index in [1.54, 1.807) is 6.33 Å². The van der Waals surface area contributed by atoms with E-state index in [-0.39, 0.29) is 5.54 Å². The third-order valence-electron chi connectivity index (χ3n) is 2.66. The van der Waals surface area contributed by atoms with Crippen molar-refractivity contribution in [3.8, 4) is 5.88 Å². The molecule has 96 valence electrons. The molecule has 0 fully saturated rings. The van der Waals surface area contributed by atoms with Crippen molar-refractivity contribution in [1.82, 2.24) is 9.97 Å². The number of aromatic nitrogens is 2. The van der Waals surface area contributed by atoms with Crippen LogP contribution in [0.15, 0.2) is 12.4 Å². The highest BCUT2D eigenvalue weighted by molar-refractivity contribution is 9.09. The molecule has 0 spiro atoms. The first-order valence-corrected chi connectivity index (χ1v) is 6.88. The Morgan fingerprint density at radius 1 is 1.41 bits per heavy atom. The smallest absolute Gasteiger partial charge is 0.218 e. The number of anilines is 1. The molecule has 17 heavy (non-hydrogen) atoms. The van der Waals surface area contributed by atoms with Gasteiger partial charge >= 0.3 is 0 Å². The summed E-state index contributed by atoms with van der Waals surface area (Å²) in [6.45, 7) is 7.05. The SMILES string of the molecule is CCCOc1cc(N(C)C(C)(C)CBr)ncn1. The summed E-state index contributed by atoms with van der Waals surface area (Å²) in [5, 5.41) is 0.867. The van der Waals surface area contributed by atoms with Crippen LogP contribution in [-0.2, 0) is 0 Å². The molecule has 0 amide bonds. The van der Waals surface area contributed by atoms with Crippen molar-refractivity contribution in [2.24, 2.45) is 0 Å². The van der Waals surface area contributed by atoms with Crippen molar-refractivity contribution in [2.75, 3.05) is 23.9 Å². The monoisotopic (exact) mass is 301 g/mol. The molecular weight excluding hydrogens is 282 g/mol. The topological polar surface area (TPSA) is 38.2 Å². The van der Waals surface area contributed by atoms with Gasteiger partial charge in [-0.05, 0) is 20.3 Å². The molecule has 0 bridgehead atoms. The van der Waals surface area contributed by atoms with E-state index >= 15 is 0 Å². The van der Waals surface area contributed by atoms with Gasteiger partial charge in [-0.3, -0.25) is 0 Å². The highest BCUT2D eigenvalue weighted by Crippen LogP contribution is 2.23. The van der Waals surface area contributed by atoms with Gasteiger partial charge in [-0.2, -0.15) is 0 Å². The summed E-state index contributed by atoms with van der Waals surface area (Å²) in [4.78, 5) is 10.5. The Labute approximate surface area is 112 Å². The van der Waals surface area contributed by atoms with Crippen LogP contribution in [0.3, 0.4) is 0 Å². The molecule has 1 aromatic heterocycles. The van der Waals surface area contributed by atoms with Crippen LogP contribution in [0, 0.1) is 0 Å². The Kier molecular flexibility index (Phi) is 5.18. The van der Waals surface area contributed by atoms with Crippen LogP contribution in [0.2, 0.25) is 0 Å². The highest BCUT2D eigenvalue weighted by Gasteiger charge is 2.23. The minimum atomic E-state index is -0.00359. The number of hydrogen-bond acceptors (Lipinski definition) is 4. The van der Waals surface area contributed by atoms with E-state index in [1.165, 1.54) is 0 Å². The maximum absolute atomic E-state index is 5.50. The average molecular weight is 302 g/mol. The van der Waals surface area contributed by atoms with Gasteiger partial charge < -0.3 is 9.64 Å². The fourth-order valence-electron chi connectivity index (χ4n) is 1.20. The molecule has 0 N–H and O–H groups in total. The lowest BCUT2D eigenvalue weighted by Crippen LogP contribution is -2.43. The fraction of sp³-hybridized carbons (Fsp3) is 0.667. The molecule has 0 aromatic carbocycles. The minimum Gasteiger partial charge on any atom is -0.478 e. The van der Waals surface area contributed by atoms with E-state index in [0.717, 1.165) is 17.6 Å². The number of ether oxygens (including phenoxy) is 1. The molecular formula is C12H20BrN3O. The van der Waals surface area contributed by atoms with Gasteiger partial charge in [0, 0.05) is 24.0 Å². The van der Waals surface area contributed by atoms with Crippen molar-refractivity contribution in [2.45, 2.75) is 32.7 Å². The van der Waals surface area contributed by atoms with E-state index in [4.69, 9.17) is 4.74 Å². The summed E-state index contributed by atoms with van der Waals surface area (Å²) < 4.78 is 5.50. The zero-order valence-corrected chi connectivity index (χ0v) is 12.5. The van der Waals surface area contributed by atoms with Gasteiger partial charge in [0.1, 0.15) is 12.1 Å². The summed E-state index contributed by atoms with van der Waals surface area (Å²) in [5.74, 6) is 1.50. The van der Waals surface area contributed by atoms with Crippen LogP contribution in [0.25, 0.3) is 0 Å². The Morgan fingerprint density at radius 3 is 2.71 bits per heavy atom. The molecule has 0 aliphatic heterocycles. The van der Waals surface area contributed by atoms with Crippen LogP contribution >= 0.6 is 15.9 Å². The van der Waals surface area contributed by atoms with Crippen molar-refractivity contribution in [1.29, 1.82) is 0 Å². The predicted molar refractivity (Wildman–Crippen MR) is 74.1 cm³/mol. The third kappa shape index (κ3) is 3.84. The first-order chi connectivity index (χ1) is 8.01. The molecule has 1 aromatic rings. The number of nitrogens with zero attached hydrogens (tertiary/aromatic N) is 3. The van der Waals surface area contributed by atoms with E-state index in [0.29, 0.717) is 12.5 Å². The molecule has 0 unspecified atom stereocenters. The first kappa shape index (κ1) is 14.2. The quantitative estimate of drug-likeness (QED) is 0.757. The van der Waals surface area contributed by atoms with Crippen molar-refractivity contribution < 1.29 is 4.74 Å². The summed E-state index contributed by atoms with van der Waals surface area (Å²) >= 11 is 3.51. The molecule has 0 aliphatic rings. The van der Waals surface area contributed by atoms with E-state index in [2.05, 4.69) is 51.6 Å². The van der Waals surface area contributed by atoms with Gasteiger partial charge in [-0.15, -0.1) is 0 Å². The molecule has 1 heterocycles. The third-order valence-corrected chi connectivity index (χ3v) is 4.03. The number of alkyl halides is 1. The molecule has 0 radical (unpaired) electrons. The maximum atomic E-state index is 5.50. The van der Waals surface area contributed by atoms with E-state index < -0.39 is 0 Å². The lowest BCUT2D eigenvalue weighted by molar-refractivity contribution is 0.304. The normalized spacial score (nSPS) is 11.4. The largest absolute Gasteiger partial charge is 0.478 e. The molecule has 4 nitrogen and oxygen atoms in total. The van der Waals surface area contributed by atoms with Crippen molar-refractivity contribution in [3.63, 3.8) is 0 Å².